The van der Waals surface area contributed by atoms with Crippen molar-refractivity contribution in [3.63, 3.8) is 0 Å². The summed E-state index contributed by atoms with van der Waals surface area (Å²) in [6, 6.07) is 0. The number of carboxylic acids is 1. The molecule has 0 heterocycles. The van der Waals surface area contributed by atoms with Gasteiger partial charge >= 0.3 is 5.97 Å². The van der Waals surface area contributed by atoms with Crippen molar-refractivity contribution in [2.45, 2.75) is 93.4 Å². The van der Waals surface area contributed by atoms with Crippen LogP contribution in [0.5, 0.6) is 0 Å². The number of fused-ring (bicyclic) bond motifs is 5. The Bertz CT molecular complexity index is 936. The zero-order chi connectivity index (χ0) is 24.4. The van der Waals surface area contributed by atoms with Gasteiger partial charge in [0.2, 0.25) is 0 Å². The van der Waals surface area contributed by atoms with Crippen molar-refractivity contribution < 1.29 is 14.7 Å². The molecule has 0 amide bonds. The second-order valence-corrected chi connectivity index (χ2v) is 13.0. The van der Waals surface area contributed by atoms with Crippen molar-refractivity contribution in [2.24, 2.45) is 45.3 Å². The van der Waals surface area contributed by atoms with E-state index in [0.717, 1.165) is 25.7 Å². The number of ketones is 1. The number of carbonyl (C=O) groups is 2. The fourth-order valence-electron chi connectivity index (χ4n) is 8.88. The maximum Gasteiger partial charge on any atom is 0.330 e. The summed E-state index contributed by atoms with van der Waals surface area (Å²) >= 11 is 0. The molecule has 0 bridgehead atoms. The normalized spacial score (nSPS) is 42.8. The number of carboxylic acid groups (broad SMARTS) is 1. The maximum atomic E-state index is 12.7. The Balaban J connectivity index is 1.61. The first-order valence-electron chi connectivity index (χ1n) is 13.1. The summed E-state index contributed by atoms with van der Waals surface area (Å²) in [6.45, 7) is 15.9. The van der Waals surface area contributed by atoms with E-state index in [1.165, 1.54) is 19.3 Å². The molecule has 0 aromatic rings. The zero-order valence-corrected chi connectivity index (χ0v) is 21.8. The predicted molar refractivity (Wildman–Crippen MR) is 134 cm³/mol. The van der Waals surface area contributed by atoms with E-state index in [2.05, 4.69) is 53.7 Å². The maximum absolute atomic E-state index is 12.7. The van der Waals surface area contributed by atoms with Crippen molar-refractivity contribution in [2.75, 3.05) is 0 Å². The molecule has 4 aliphatic carbocycles. The van der Waals surface area contributed by atoms with Crippen molar-refractivity contribution in [1.82, 2.24) is 0 Å². The number of hydrogen-bond donors (Lipinski definition) is 1. The van der Waals surface area contributed by atoms with E-state index in [9.17, 15) is 9.59 Å². The Morgan fingerprint density at radius 1 is 1.15 bits per heavy atom. The van der Waals surface area contributed by atoms with Gasteiger partial charge in [-0.05, 0) is 97.9 Å². The molecule has 33 heavy (non-hydrogen) atoms. The third-order valence-electron chi connectivity index (χ3n) is 11.2. The molecule has 4 aliphatic rings. The van der Waals surface area contributed by atoms with Crippen molar-refractivity contribution in [3.05, 3.63) is 35.5 Å². The number of allylic oxidation sites excluding steroid dienone is 5. The molecule has 3 nitrogen and oxygen atoms in total. The minimum Gasteiger partial charge on any atom is -0.478 e. The summed E-state index contributed by atoms with van der Waals surface area (Å²) < 4.78 is 0. The lowest BCUT2D eigenvalue weighted by Gasteiger charge is -2.66. The fourth-order valence-corrected chi connectivity index (χ4v) is 8.88. The lowest BCUT2D eigenvalue weighted by molar-refractivity contribution is -0.148. The van der Waals surface area contributed by atoms with E-state index in [1.807, 2.05) is 12.2 Å². The number of aliphatic carboxylic acids is 1. The molecule has 0 spiro atoms. The minimum absolute atomic E-state index is 0.0678. The first kappa shape index (κ1) is 24.5. The van der Waals surface area contributed by atoms with Crippen LogP contribution in [0.25, 0.3) is 0 Å². The van der Waals surface area contributed by atoms with Gasteiger partial charge in [0.1, 0.15) is 0 Å². The van der Waals surface area contributed by atoms with Gasteiger partial charge < -0.3 is 5.11 Å². The lowest BCUT2D eigenvalue weighted by Crippen LogP contribution is -2.60. The third kappa shape index (κ3) is 3.43. The van der Waals surface area contributed by atoms with Crippen LogP contribution in [0, 0.1) is 45.3 Å². The highest BCUT2D eigenvalue weighted by molar-refractivity contribution is 5.95. The molecule has 0 unspecified atom stereocenters. The number of carbonyl (C=O) groups excluding carboxylic acids is 1. The molecule has 7 atom stereocenters. The highest BCUT2D eigenvalue weighted by atomic mass is 16.4. The highest BCUT2D eigenvalue weighted by Gasteiger charge is 2.66. The van der Waals surface area contributed by atoms with Crippen LogP contribution in [0.2, 0.25) is 0 Å². The predicted octanol–water partition coefficient (Wildman–Crippen LogP) is 7.38. The summed E-state index contributed by atoms with van der Waals surface area (Å²) in [5.74, 6) is 1.64. The molecule has 1 N–H and O–H groups in total. The summed E-state index contributed by atoms with van der Waals surface area (Å²) in [5.41, 5.74) is 2.40. The van der Waals surface area contributed by atoms with E-state index in [1.54, 1.807) is 12.5 Å². The average molecular weight is 453 g/mol. The van der Waals surface area contributed by atoms with Crippen LogP contribution in [0.3, 0.4) is 0 Å². The van der Waals surface area contributed by atoms with Gasteiger partial charge in [-0.1, -0.05) is 65.3 Å². The summed E-state index contributed by atoms with van der Waals surface area (Å²) in [5, 5.41) is 9.13. The van der Waals surface area contributed by atoms with Gasteiger partial charge in [-0.25, -0.2) is 4.79 Å². The Labute approximate surface area is 200 Å². The van der Waals surface area contributed by atoms with Crippen LogP contribution in [-0.2, 0) is 9.59 Å². The van der Waals surface area contributed by atoms with Gasteiger partial charge in [0, 0.05) is 11.0 Å². The van der Waals surface area contributed by atoms with E-state index < -0.39 is 5.97 Å². The summed E-state index contributed by atoms with van der Waals surface area (Å²) in [4.78, 5) is 23.9. The molecule has 4 rings (SSSR count). The topological polar surface area (TPSA) is 54.4 Å². The first-order chi connectivity index (χ1) is 15.3. The quantitative estimate of drug-likeness (QED) is 0.349. The van der Waals surface area contributed by atoms with Crippen LogP contribution >= 0.6 is 0 Å². The summed E-state index contributed by atoms with van der Waals surface area (Å²) in [6.07, 6.45) is 16.5. The number of hydrogen-bond acceptors (Lipinski definition) is 2. The molecular formula is C30H44O3. The molecular weight excluding hydrogens is 408 g/mol. The SMILES string of the molecule is C/C(=C\CC[C@H](C)[C@@H]1CC[C@]2(C)C1=CC[C@@H]1[C@]3(C)C=CC(=O)C(C)(C)[C@H]3CC[C@]12C)C(=O)O. The first-order valence-corrected chi connectivity index (χ1v) is 13.1. The van der Waals surface area contributed by atoms with Crippen molar-refractivity contribution in [1.29, 1.82) is 0 Å². The Morgan fingerprint density at radius 3 is 2.52 bits per heavy atom. The van der Waals surface area contributed by atoms with Crippen LogP contribution in [-0.4, -0.2) is 16.9 Å². The second kappa shape index (κ2) is 7.95. The van der Waals surface area contributed by atoms with Crippen LogP contribution in [0.4, 0.5) is 0 Å². The molecule has 3 heteroatoms. The van der Waals surface area contributed by atoms with Gasteiger partial charge in [-0.15, -0.1) is 0 Å². The van der Waals surface area contributed by atoms with Crippen LogP contribution in [0.1, 0.15) is 93.4 Å². The molecule has 0 saturated heterocycles. The van der Waals surface area contributed by atoms with Gasteiger partial charge in [0.25, 0.3) is 0 Å². The average Bonchev–Trinajstić information content (AvgIpc) is 3.09. The van der Waals surface area contributed by atoms with Gasteiger partial charge in [0.05, 0.1) is 0 Å². The van der Waals surface area contributed by atoms with Crippen LogP contribution in [0.15, 0.2) is 35.5 Å². The van der Waals surface area contributed by atoms with E-state index in [4.69, 9.17) is 5.11 Å². The molecule has 182 valence electrons. The molecule has 0 aromatic heterocycles. The second-order valence-electron chi connectivity index (χ2n) is 13.0. The van der Waals surface area contributed by atoms with Gasteiger partial charge in [0.15, 0.2) is 5.78 Å². The Hall–Kier alpha value is -1.64. The third-order valence-corrected chi connectivity index (χ3v) is 11.2. The Kier molecular flexibility index (Phi) is 5.90. The molecule has 0 radical (unpaired) electrons. The fraction of sp³-hybridized carbons (Fsp3) is 0.733. The lowest BCUT2D eigenvalue weighted by atomic mass is 9.38. The summed E-state index contributed by atoms with van der Waals surface area (Å²) in [7, 11) is 0. The van der Waals surface area contributed by atoms with E-state index >= 15 is 0 Å². The monoisotopic (exact) mass is 452 g/mol. The van der Waals surface area contributed by atoms with Crippen molar-refractivity contribution >= 4 is 11.8 Å². The standard InChI is InChI=1S/C30H44O3/c1-19(9-8-10-20(2)26(32)33)21-13-17-29(6)22(21)11-12-24-28(5)16-15-25(31)27(3,4)23(28)14-18-30(24,29)7/h10-11,15-16,19,21,23-24H,8-9,12-14,17-18H2,1-7H3,(H,32,33)/b20-10+/t19-,21-,23+,24+,28+,29+,30+/m0/s1. The Morgan fingerprint density at radius 2 is 1.85 bits per heavy atom. The van der Waals surface area contributed by atoms with E-state index in [0.29, 0.717) is 35.0 Å². The molecule has 2 saturated carbocycles. The molecule has 0 aliphatic heterocycles. The van der Waals surface area contributed by atoms with Crippen LogP contribution < -0.4 is 0 Å². The van der Waals surface area contributed by atoms with Crippen molar-refractivity contribution in [3.8, 4) is 0 Å². The molecule has 0 aromatic carbocycles. The van der Waals surface area contributed by atoms with E-state index in [-0.39, 0.29) is 21.7 Å². The largest absolute Gasteiger partial charge is 0.478 e. The zero-order valence-electron chi connectivity index (χ0n) is 21.8. The van der Waals surface area contributed by atoms with Gasteiger partial charge in [-0.2, -0.15) is 0 Å². The number of rotatable bonds is 5. The minimum atomic E-state index is -0.809. The highest BCUT2D eigenvalue weighted by Crippen LogP contribution is 2.73. The van der Waals surface area contributed by atoms with Gasteiger partial charge in [-0.3, -0.25) is 4.79 Å². The smallest absolute Gasteiger partial charge is 0.330 e. The molecule has 2 fully saturated rings.